The molecule has 0 saturated carbocycles. The Morgan fingerprint density at radius 2 is 1.93 bits per heavy atom. The fraction of sp³-hybridized carbons (Fsp3) is 0.421. The van der Waals surface area contributed by atoms with Crippen molar-refractivity contribution in [2.75, 3.05) is 19.9 Å². The molecule has 2 aliphatic rings. The number of thioether (sulfide) groups is 1. The van der Waals surface area contributed by atoms with E-state index in [-0.39, 0.29) is 11.7 Å². The van der Waals surface area contributed by atoms with E-state index in [1.165, 1.54) is 0 Å². The highest BCUT2D eigenvalue weighted by Crippen LogP contribution is 2.41. The zero-order valence-electron chi connectivity index (χ0n) is 16.1. The first-order valence-electron chi connectivity index (χ1n) is 8.71. The summed E-state index contributed by atoms with van der Waals surface area (Å²) in [5, 5.41) is -0.527. The van der Waals surface area contributed by atoms with Crippen molar-refractivity contribution in [1.82, 2.24) is 4.90 Å². The molecule has 150 valence electrons. The number of carbonyl (C=O) groups is 3. The fourth-order valence-corrected chi connectivity index (χ4v) is 3.44. The average Bonchev–Trinajstić information content (AvgIpc) is 3.13. The zero-order valence-corrected chi connectivity index (χ0v) is 16.9. The zero-order chi connectivity index (χ0) is 20.5. The number of carbonyl (C=O) groups excluding carboxylic acids is 3. The van der Waals surface area contributed by atoms with Gasteiger partial charge in [-0.1, -0.05) is 0 Å². The molecule has 0 radical (unpaired) electrons. The Labute approximate surface area is 166 Å². The molecule has 2 amide bonds. The quantitative estimate of drug-likeness (QED) is 0.543. The minimum Gasteiger partial charge on any atom is -0.493 e. The number of amides is 2. The molecule has 0 N–H and O–H groups in total. The highest BCUT2D eigenvalue weighted by molar-refractivity contribution is 8.18. The van der Waals surface area contributed by atoms with Crippen LogP contribution in [0.1, 0.15) is 33.3 Å². The minimum absolute atomic E-state index is 0.108. The third-order valence-corrected chi connectivity index (χ3v) is 4.58. The molecule has 0 spiro atoms. The van der Waals surface area contributed by atoms with Crippen LogP contribution in [0.25, 0.3) is 6.08 Å². The second kappa shape index (κ2) is 7.75. The molecule has 1 saturated heterocycles. The molecule has 0 aromatic heterocycles. The van der Waals surface area contributed by atoms with Crippen LogP contribution in [0.15, 0.2) is 17.0 Å². The number of rotatable bonds is 5. The van der Waals surface area contributed by atoms with Crippen molar-refractivity contribution in [2.45, 2.75) is 33.3 Å². The van der Waals surface area contributed by atoms with Gasteiger partial charge in [-0.15, -0.1) is 0 Å². The van der Waals surface area contributed by atoms with Gasteiger partial charge in [-0.2, -0.15) is 0 Å². The van der Waals surface area contributed by atoms with E-state index in [4.69, 9.17) is 18.9 Å². The van der Waals surface area contributed by atoms with E-state index in [0.29, 0.717) is 29.4 Å². The normalized spacial score (nSPS) is 17.4. The molecule has 2 aliphatic heterocycles. The van der Waals surface area contributed by atoms with E-state index in [0.717, 1.165) is 16.7 Å². The van der Waals surface area contributed by atoms with Crippen LogP contribution in [-0.2, 0) is 14.3 Å². The summed E-state index contributed by atoms with van der Waals surface area (Å²) in [5.74, 6) is 0.391. The second-order valence-electron chi connectivity index (χ2n) is 7.03. The number of benzene rings is 1. The van der Waals surface area contributed by atoms with Crippen LogP contribution >= 0.6 is 11.8 Å². The predicted molar refractivity (Wildman–Crippen MR) is 102 cm³/mol. The van der Waals surface area contributed by atoms with Crippen LogP contribution in [0.3, 0.4) is 0 Å². The third kappa shape index (κ3) is 4.41. The van der Waals surface area contributed by atoms with Crippen molar-refractivity contribution in [2.24, 2.45) is 0 Å². The summed E-state index contributed by atoms with van der Waals surface area (Å²) in [4.78, 5) is 37.9. The molecule has 8 nitrogen and oxygen atoms in total. The van der Waals surface area contributed by atoms with Crippen molar-refractivity contribution in [1.29, 1.82) is 0 Å². The van der Waals surface area contributed by atoms with E-state index in [1.54, 1.807) is 39.0 Å². The van der Waals surface area contributed by atoms with Crippen molar-refractivity contribution >= 4 is 35.0 Å². The molecule has 0 bridgehead atoms. The summed E-state index contributed by atoms with van der Waals surface area (Å²) < 4.78 is 21.5. The number of fused-ring (bicyclic) bond motifs is 1. The molecule has 9 heteroatoms. The van der Waals surface area contributed by atoms with Gasteiger partial charge in [0.15, 0.2) is 11.5 Å². The first-order valence-corrected chi connectivity index (χ1v) is 9.53. The molecule has 2 heterocycles. The van der Waals surface area contributed by atoms with Crippen molar-refractivity contribution in [3.05, 3.63) is 22.6 Å². The molecular weight excluding hydrogens is 386 g/mol. The van der Waals surface area contributed by atoms with Gasteiger partial charge in [0.05, 0.1) is 11.5 Å². The fourth-order valence-electron chi connectivity index (χ4n) is 2.61. The van der Waals surface area contributed by atoms with Gasteiger partial charge < -0.3 is 18.9 Å². The molecular formula is C19H21NO7S. The summed E-state index contributed by atoms with van der Waals surface area (Å²) in [6.07, 6.45) is 1.55. The first-order chi connectivity index (χ1) is 13.2. The van der Waals surface area contributed by atoms with Gasteiger partial charge in [0.2, 0.25) is 6.79 Å². The standard InChI is InChI=1S/C19H21NO7S/c1-5-24-12-8-14-13(25-10-26-14)6-11(12)7-15-17(22)20(18(23)28-15)9-16(21)27-19(2,3)4/h6-8H,5,9-10H2,1-4H3/b15-7+. The Balaban J connectivity index is 1.83. The predicted octanol–water partition coefficient (Wildman–Crippen LogP) is 3.19. The molecule has 3 rings (SSSR count). The van der Waals surface area contributed by atoms with Crippen LogP contribution in [0, 0.1) is 0 Å². The molecule has 1 fully saturated rings. The monoisotopic (exact) mass is 407 g/mol. The minimum atomic E-state index is -0.701. The Bertz CT molecular complexity index is 857. The number of imide groups is 1. The summed E-state index contributed by atoms with van der Waals surface area (Å²) in [5.41, 5.74) is -0.123. The maximum Gasteiger partial charge on any atom is 0.326 e. The van der Waals surface area contributed by atoms with Crippen molar-refractivity contribution < 1.29 is 33.3 Å². The van der Waals surface area contributed by atoms with Gasteiger partial charge >= 0.3 is 5.97 Å². The van der Waals surface area contributed by atoms with Crippen LogP contribution < -0.4 is 14.2 Å². The largest absolute Gasteiger partial charge is 0.493 e. The second-order valence-corrected chi connectivity index (χ2v) is 8.02. The summed E-state index contributed by atoms with van der Waals surface area (Å²) in [6, 6.07) is 3.37. The van der Waals surface area contributed by atoms with Crippen molar-refractivity contribution in [3.63, 3.8) is 0 Å². The van der Waals surface area contributed by atoms with Gasteiger partial charge in [0.25, 0.3) is 11.1 Å². The summed E-state index contributed by atoms with van der Waals surface area (Å²) in [6.45, 7) is 7.08. The van der Waals surface area contributed by atoms with Crippen LogP contribution in [0.5, 0.6) is 17.2 Å². The maximum absolute atomic E-state index is 12.6. The lowest BCUT2D eigenvalue weighted by Crippen LogP contribution is -2.37. The molecule has 0 aliphatic carbocycles. The van der Waals surface area contributed by atoms with Gasteiger partial charge in [0, 0.05) is 11.6 Å². The van der Waals surface area contributed by atoms with E-state index in [9.17, 15) is 14.4 Å². The Morgan fingerprint density at radius 1 is 1.25 bits per heavy atom. The smallest absolute Gasteiger partial charge is 0.326 e. The summed E-state index contributed by atoms with van der Waals surface area (Å²) >= 11 is 0.760. The summed E-state index contributed by atoms with van der Waals surface area (Å²) in [7, 11) is 0. The molecule has 0 unspecified atom stereocenters. The number of ether oxygens (including phenoxy) is 4. The molecule has 1 aromatic carbocycles. The number of esters is 1. The van der Waals surface area contributed by atoms with Gasteiger partial charge in [0.1, 0.15) is 17.9 Å². The molecule has 0 atom stereocenters. The number of hydrogen-bond donors (Lipinski definition) is 0. The SMILES string of the molecule is CCOc1cc2c(cc1/C=C1/SC(=O)N(CC(=O)OC(C)(C)C)C1=O)OCO2. The van der Waals surface area contributed by atoms with Crippen LogP contribution in [0.2, 0.25) is 0 Å². The van der Waals surface area contributed by atoms with Gasteiger partial charge in [-0.25, -0.2) is 0 Å². The van der Waals surface area contributed by atoms with E-state index in [2.05, 4.69) is 0 Å². The lowest BCUT2D eigenvalue weighted by atomic mass is 10.1. The van der Waals surface area contributed by atoms with Crippen LogP contribution in [0.4, 0.5) is 4.79 Å². The van der Waals surface area contributed by atoms with E-state index >= 15 is 0 Å². The topological polar surface area (TPSA) is 91.4 Å². The highest BCUT2D eigenvalue weighted by atomic mass is 32.2. The van der Waals surface area contributed by atoms with Crippen molar-refractivity contribution in [3.8, 4) is 17.2 Å². The van der Waals surface area contributed by atoms with E-state index in [1.807, 2.05) is 6.92 Å². The third-order valence-electron chi connectivity index (χ3n) is 3.67. The Hall–Kier alpha value is -2.68. The first kappa shape index (κ1) is 20.1. The van der Waals surface area contributed by atoms with Crippen LogP contribution in [-0.4, -0.2) is 47.6 Å². The molecule has 1 aromatic rings. The lowest BCUT2D eigenvalue weighted by Gasteiger charge is -2.21. The maximum atomic E-state index is 12.6. The Morgan fingerprint density at radius 3 is 2.57 bits per heavy atom. The Kier molecular flexibility index (Phi) is 5.55. The number of hydrogen-bond acceptors (Lipinski definition) is 8. The van der Waals surface area contributed by atoms with Gasteiger partial charge in [-0.3, -0.25) is 19.3 Å². The average molecular weight is 407 g/mol. The highest BCUT2D eigenvalue weighted by Gasteiger charge is 2.37. The van der Waals surface area contributed by atoms with E-state index < -0.39 is 29.3 Å². The number of nitrogens with zero attached hydrogens (tertiary/aromatic N) is 1. The molecule has 28 heavy (non-hydrogen) atoms. The lowest BCUT2D eigenvalue weighted by molar-refractivity contribution is -0.156. The van der Waals surface area contributed by atoms with Gasteiger partial charge in [-0.05, 0) is 51.6 Å².